The minimum atomic E-state index is -0.832. The van der Waals surface area contributed by atoms with Gasteiger partial charge in [-0.2, -0.15) is 0 Å². The van der Waals surface area contributed by atoms with E-state index < -0.39 is 11.9 Å². The van der Waals surface area contributed by atoms with Crippen LogP contribution >= 0.6 is 0 Å². The van der Waals surface area contributed by atoms with Gasteiger partial charge in [0.1, 0.15) is 5.69 Å². The van der Waals surface area contributed by atoms with Crippen LogP contribution < -0.4 is 10.2 Å². The average Bonchev–Trinajstić information content (AvgIpc) is 3.30. The van der Waals surface area contributed by atoms with Gasteiger partial charge in [-0.1, -0.05) is 26.8 Å². The second kappa shape index (κ2) is 12.1. The Balaban J connectivity index is 1.98. The number of methoxy groups -OCH3 is 2. The highest BCUT2D eigenvalue weighted by Crippen LogP contribution is 2.37. The van der Waals surface area contributed by atoms with E-state index in [9.17, 15) is 14.7 Å². The lowest BCUT2D eigenvalue weighted by atomic mass is 9.90. The smallest absolute Gasteiger partial charge is 0.356 e. The molecular weight excluding hydrogens is 448 g/mol. The van der Waals surface area contributed by atoms with Crippen LogP contribution in [-0.4, -0.2) is 59.9 Å². The molecule has 1 unspecified atom stereocenters. The van der Waals surface area contributed by atoms with Crippen molar-refractivity contribution in [3.8, 4) is 0 Å². The molecular formula is C26H38N4O5. The molecule has 0 aliphatic heterocycles. The van der Waals surface area contributed by atoms with Crippen LogP contribution in [0, 0.1) is 5.92 Å². The molecule has 9 nitrogen and oxygen atoms in total. The highest BCUT2D eigenvalue weighted by Gasteiger charge is 2.28. The molecule has 0 radical (unpaired) electrons. The number of benzene rings is 1. The quantitative estimate of drug-likeness (QED) is 0.383. The third-order valence-corrected chi connectivity index (χ3v) is 6.59. The number of esters is 1. The Morgan fingerprint density at radius 1 is 1.20 bits per heavy atom. The molecule has 0 spiro atoms. The summed E-state index contributed by atoms with van der Waals surface area (Å²) < 4.78 is 10.4. The van der Waals surface area contributed by atoms with E-state index in [1.165, 1.54) is 13.3 Å². The number of carbonyl (C=O) groups excluding carboxylic acids is 1. The van der Waals surface area contributed by atoms with Crippen LogP contribution in [0.4, 0.5) is 17.3 Å². The molecule has 0 saturated heterocycles. The summed E-state index contributed by atoms with van der Waals surface area (Å²) in [6.45, 7) is 7.21. The number of rotatable bonds is 11. The number of aliphatic carboxylic acids is 1. The Hall–Kier alpha value is -3.07. The van der Waals surface area contributed by atoms with E-state index in [1.807, 2.05) is 19.1 Å². The predicted molar refractivity (Wildman–Crippen MR) is 136 cm³/mol. The average molecular weight is 487 g/mol. The molecule has 1 heterocycles. The van der Waals surface area contributed by atoms with Crippen molar-refractivity contribution in [2.75, 3.05) is 31.0 Å². The number of aromatic amines is 1. The van der Waals surface area contributed by atoms with E-state index in [1.54, 1.807) is 7.11 Å². The van der Waals surface area contributed by atoms with Gasteiger partial charge >= 0.3 is 11.9 Å². The number of hydrogen-bond donors (Lipinski definition) is 3. The molecule has 192 valence electrons. The van der Waals surface area contributed by atoms with Crippen molar-refractivity contribution in [3.63, 3.8) is 0 Å². The van der Waals surface area contributed by atoms with Gasteiger partial charge in [0.25, 0.3) is 0 Å². The predicted octanol–water partition coefficient (Wildman–Crippen LogP) is 4.94. The number of carbonyl (C=O) groups is 2. The first kappa shape index (κ1) is 26.5. The molecule has 1 aliphatic rings. The highest BCUT2D eigenvalue weighted by molar-refractivity contribution is 5.87. The third kappa shape index (κ3) is 6.97. The van der Waals surface area contributed by atoms with E-state index in [4.69, 9.17) is 9.47 Å². The first-order chi connectivity index (χ1) is 16.7. The Morgan fingerprint density at radius 3 is 2.51 bits per heavy atom. The summed E-state index contributed by atoms with van der Waals surface area (Å²) >= 11 is 0. The fourth-order valence-electron chi connectivity index (χ4n) is 4.75. The van der Waals surface area contributed by atoms with E-state index in [0.29, 0.717) is 24.0 Å². The minimum Gasteiger partial charge on any atom is -0.481 e. The van der Waals surface area contributed by atoms with Crippen molar-refractivity contribution in [2.24, 2.45) is 5.92 Å². The maximum Gasteiger partial charge on any atom is 0.356 e. The van der Waals surface area contributed by atoms with Gasteiger partial charge in [0, 0.05) is 19.7 Å². The van der Waals surface area contributed by atoms with Crippen LogP contribution in [0.5, 0.6) is 0 Å². The number of ether oxygens (including phenoxy) is 2. The third-order valence-electron chi connectivity index (χ3n) is 6.59. The lowest BCUT2D eigenvalue weighted by Gasteiger charge is -2.40. The summed E-state index contributed by atoms with van der Waals surface area (Å²) in [4.78, 5) is 32.9. The van der Waals surface area contributed by atoms with Gasteiger partial charge in [0.05, 0.1) is 37.2 Å². The summed E-state index contributed by atoms with van der Waals surface area (Å²) in [6.07, 6.45) is 5.90. The van der Waals surface area contributed by atoms with Gasteiger partial charge in [-0.15, -0.1) is 0 Å². The van der Waals surface area contributed by atoms with E-state index in [0.717, 1.165) is 49.2 Å². The number of carboxylic acid groups (broad SMARTS) is 1. The van der Waals surface area contributed by atoms with Crippen molar-refractivity contribution in [3.05, 3.63) is 35.7 Å². The Labute approximate surface area is 207 Å². The fourth-order valence-corrected chi connectivity index (χ4v) is 4.75. The molecule has 3 N–H and O–H groups in total. The molecule has 9 heteroatoms. The number of anilines is 3. The summed E-state index contributed by atoms with van der Waals surface area (Å²) in [5, 5.41) is 12.6. The van der Waals surface area contributed by atoms with Crippen LogP contribution in [-0.2, 0) is 14.3 Å². The van der Waals surface area contributed by atoms with Gasteiger partial charge in [-0.25, -0.2) is 9.78 Å². The monoisotopic (exact) mass is 486 g/mol. The van der Waals surface area contributed by atoms with Crippen molar-refractivity contribution in [1.82, 2.24) is 9.97 Å². The number of imidazole rings is 1. The fraction of sp³-hybridized carbons (Fsp3) is 0.577. The van der Waals surface area contributed by atoms with Gasteiger partial charge in [0.15, 0.2) is 0 Å². The first-order valence-corrected chi connectivity index (χ1v) is 12.3. The molecule has 0 amide bonds. The maximum atomic E-state index is 11.9. The summed E-state index contributed by atoms with van der Waals surface area (Å²) in [7, 11) is 3.10. The highest BCUT2D eigenvalue weighted by atomic mass is 16.5. The molecule has 2 aromatic rings. The summed E-state index contributed by atoms with van der Waals surface area (Å²) in [5.41, 5.74) is 3.02. The Morgan fingerprint density at radius 2 is 1.91 bits per heavy atom. The van der Waals surface area contributed by atoms with Crippen molar-refractivity contribution in [2.45, 2.75) is 70.9 Å². The number of nitrogens with one attached hydrogen (secondary N) is 2. The SMILES string of the molecule is COC(=O)c1cnc(Nc2cc(C(C)CC(=O)O)ccc2N(CC(C)C)C2CCC(OC)CC2)[nH]1. The number of aromatic nitrogens is 2. The molecule has 35 heavy (non-hydrogen) atoms. The number of carboxylic acids is 1. The summed E-state index contributed by atoms with van der Waals surface area (Å²) in [6, 6.07) is 6.46. The topological polar surface area (TPSA) is 117 Å². The Bertz CT molecular complexity index is 997. The van der Waals surface area contributed by atoms with Gasteiger partial charge < -0.3 is 29.8 Å². The summed E-state index contributed by atoms with van der Waals surface area (Å²) in [5.74, 6) is -0.613. The van der Waals surface area contributed by atoms with Crippen LogP contribution in [0.1, 0.15) is 74.8 Å². The zero-order valence-electron chi connectivity index (χ0n) is 21.3. The maximum absolute atomic E-state index is 11.9. The second-order valence-corrected chi connectivity index (χ2v) is 9.75. The molecule has 0 bridgehead atoms. The molecule has 1 atom stereocenters. The van der Waals surface area contributed by atoms with Gasteiger partial charge in [-0.3, -0.25) is 4.79 Å². The lowest BCUT2D eigenvalue weighted by molar-refractivity contribution is -0.137. The first-order valence-electron chi connectivity index (χ1n) is 12.3. The zero-order valence-corrected chi connectivity index (χ0v) is 21.3. The molecule has 1 fully saturated rings. The lowest BCUT2D eigenvalue weighted by Crippen LogP contribution is -2.41. The normalized spacial score (nSPS) is 18.8. The van der Waals surface area contributed by atoms with E-state index in [-0.39, 0.29) is 18.0 Å². The number of nitrogens with zero attached hydrogens (tertiary/aromatic N) is 2. The van der Waals surface area contributed by atoms with Crippen LogP contribution in [0.25, 0.3) is 0 Å². The zero-order chi connectivity index (χ0) is 25.5. The van der Waals surface area contributed by atoms with Crippen molar-refractivity contribution in [1.29, 1.82) is 0 Å². The van der Waals surface area contributed by atoms with E-state index in [2.05, 4.69) is 40.1 Å². The molecule has 1 aromatic heterocycles. The molecule has 1 aliphatic carbocycles. The molecule has 1 aromatic carbocycles. The van der Waals surface area contributed by atoms with Crippen molar-refractivity contribution >= 4 is 29.3 Å². The van der Waals surface area contributed by atoms with E-state index >= 15 is 0 Å². The van der Waals surface area contributed by atoms with Crippen LogP contribution in [0.2, 0.25) is 0 Å². The van der Waals surface area contributed by atoms with Crippen molar-refractivity contribution < 1.29 is 24.2 Å². The molecule has 1 saturated carbocycles. The second-order valence-electron chi connectivity index (χ2n) is 9.75. The molecule has 3 rings (SSSR count). The minimum absolute atomic E-state index is 0.0444. The standard InChI is InChI=1S/C26H38N4O5/c1-16(2)15-30(19-7-9-20(34-4)10-8-19)23-11-6-18(17(3)12-24(31)32)13-21(23)28-26-27-14-22(29-26)25(33)35-5/h6,11,13-14,16-17,19-20H,7-10,12,15H2,1-5H3,(H,31,32)(H2,27,28,29). The van der Waals surface area contributed by atoms with Gasteiger partial charge in [0.2, 0.25) is 5.95 Å². The van der Waals surface area contributed by atoms with Crippen LogP contribution in [0.3, 0.4) is 0 Å². The van der Waals surface area contributed by atoms with Gasteiger partial charge in [-0.05, 0) is 55.2 Å². The van der Waals surface area contributed by atoms with Crippen LogP contribution in [0.15, 0.2) is 24.4 Å². The largest absolute Gasteiger partial charge is 0.481 e. The Kier molecular flexibility index (Phi) is 9.14. The number of H-pyrrole nitrogens is 1. The number of hydrogen-bond acceptors (Lipinski definition) is 7.